The summed E-state index contributed by atoms with van der Waals surface area (Å²) in [5.41, 5.74) is 1.01. The molecule has 132 valence electrons. The van der Waals surface area contributed by atoms with Crippen LogP contribution in [0.3, 0.4) is 0 Å². The van der Waals surface area contributed by atoms with Gasteiger partial charge in [0.05, 0.1) is 0 Å². The number of carbonyl (C=O) groups excluding carboxylic acids is 1. The van der Waals surface area contributed by atoms with Crippen LogP contribution in [0.2, 0.25) is 5.02 Å². The van der Waals surface area contributed by atoms with Crippen LogP contribution < -0.4 is 14.8 Å². The van der Waals surface area contributed by atoms with E-state index in [0.717, 1.165) is 0 Å². The summed E-state index contributed by atoms with van der Waals surface area (Å²) in [6.07, 6.45) is 0. The van der Waals surface area contributed by atoms with E-state index in [-0.39, 0.29) is 11.7 Å². The summed E-state index contributed by atoms with van der Waals surface area (Å²) in [5.74, 6) is 1.87. The van der Waals surface area contributed by atoms with Gasteiger partial charge in [-0.1, -0.05) is 17.7 Å². The van der Waals surface area contributed by atoms with Gasteiger partial charge in [-0.15, -0.1) is 0 Å². The van der Waals surface area contributed by atoms with Crippen LogP contribution in [0.5, 0.6) is 11.5 Å². The van der Waals surface area contributed by atoms with Gasteiger partial charge in [0.1, 0.15) is 19.0 Å². The minimum absolute atomic E-state index is 0.179. The van der Waals surface area contributed by atoms with Crippen molar-refractivity contribution in [1.29, 1.82) is 0 Å². The molecule has 1 amide bonds. The molecule has 0 aliphatic carbocycles. The number of amides is 1. The van der Waals surface area contributed by atoms with Gasteiger partial charge in [0.25, 0.3) is 5.91 Å². The smallest absolute Gasteiger partial charge is 0.251 e. The lowest BCUT2D eigenvalue weighted by atomic mass is 10.2. The van der Waals surface area contributed by atoms with Crippen molar-refractivity contribution in [3.05, 3.63) is 58.4 Å². The third kappa shape index (κ3) is 4.58. The molecule has 0 atom stereocenters. The highest BCUT2D eigenvalue weighted by molar-refractivity contribution is 7.98. The number of thioether (sulfide) groups is 1. The van der Waals surface area contributed by atoms with Crippen molar-refractivity contribution in [3.63, 3.8) is 0 Å². The molecular weight excluding hydrogens is 365 g/mol. The lowest BCUT2D eigenvalue weighted by Gasteiger charge is -2.18. The van der Waals surface area contributed by atoms with Crippen LogP contribution in [0.1, 0.15) is 15.9 Å². The van der Waals surface area contributed by atoms with E-state index in [1.807, 2.05) is 0 Å². The summed E-state index contributed by atoms with van der Waals surface area (Å²) in [5, 5.41) is 3.26. The van der Waals surface area contributed by atoms with Crippen molar-refractivity contribution in [3.8, 4) is 11.5 Å². The molecule has 1 N–H and O–H groups in total. The second-order valence-corrected chi connectivity index (χ2v) is 6.88. The minimum Gasteiger partial charge on any atom is -0.486 e. The summed E-state index contributed by atoms with van der Waals surface area (Å²) >= 11 is 7.50. The molecule has 0 spiro atoms. The predicted molar refractivity (Wildman–Crippen MR) is 97.3 cm³/mol. The maximum atomic E-state index is 13.7. The Morgan fingerprint density at radius 3 is 2.80 bits per heavy atom. The first-order valence-corrected chi connectivity index (χ1v) is 9.37. The first kappa shape index (κ1) is 17.9. The third-order valence-corrected chi connectivity index (χ3v) is 4.98. The molecule has 0 radical (unpaired) electrons. The molecule has 4 nitrogen and oxygen atoms in total. The van der Waals surface area contributed by atoms with Gasteiger partial charge in [0.15, 0.2) is 11.5 Å². The zero-order valence-electron chi connectivity index (χ0n) is 13.4. The summed E-state index contributed by atoms with van der Waals surface area (Å²) in [6, 6.07) is 9.76. The zero-order chi connectivity index (χ0) is 17.6. The Balaban J connectivity index is 1.45. The van der Waals surface area contributed by atoms with E-state index >= 15 is 0 Å². The van der Waals surface area contributed by atoms with Gasteiger partial charge in [-0.3, -0.25) is 4.79 Å². The van der Waals surface area contributed by atoms with Gasteiger partial charge < -0.3 is 14.8 Å². The molecule has 1 aliphatic rings. The van der Waals surface area contributed by atoms with Crippen molar-refractivity contribution in [2.24, 2.45) is 0 Å². The summed E-state index contributed by atoms with van der Waals surface area (Å²) in [7, 11) is 0. The first-order chi connectivity index (χ1) is 12.1. The largest absolute Gasteiger partial charge is 0.486 e. The lowest BCUT2D eigenvalue weighted by molar-refractivity contribution is 0.0955. The second kappa shape index (κ2) is 8.45. The molecule has 0 fully saturated rings. The van der Waals surface area contributed by atoms with E-state index in [1.165, 1.54) is 17.8 Å². The monoisotopic (exact) mass is 381 g/mol. The highest BCUT2D eigenvalue weighted by Crippen LogP contribution is 2.30. The van der Waals surface area contributed by atoms with Crippen LogP contribution in [-0.2, 0) is 5.75 Å². The average molecular weight is 382 g/mol. The second-order valence-electron chi connectivity index (χ2n) is 5.37. The Bertz CT molecular complexity index is 752. The van der Waals surface area contributed by atoms with E-state index in [4.69, 9.17) is 21.1 Å². The van der Waals surface area contributed by atoms with Gasteiger partial charge in [0, 0.05) is 34.2 Å². The normalized spacial score (nSPS) is 12.7. The Labute approximate surface area is 154 Å². The molecule has 1 heterocycles. The minimum atomic E-state index is -0.305. The fourth-order valence-electron chi connectivity index (χ4n) is 2.37. The molecule has 0 aromatic heterocycles. The Kier molecular flexibility index (Phi) is 6.04. The standard InChI is InChI=1S/C18H17ClFNO3S/c19-14-2-1-3-15(20)13(14)11-25-9-6-21-18(22)12-4-5-16-17(10-12)24-8-7-23-16/h1-5,10H,6-9,11H2,(H,21,22). The summed E-state index contributed by atoms with van der Waals surface area (Å²) in [6.45, 7) is 1.47. The van der Waals surface area contributed by atoms with Crippen LogP contribution in [0.15, 0.2) is 36.4 Å². The maximum absolute atomic E-state index is 13.7. The van der Waals surface area contributed by atoms with Crippen molar-refractivity contribution in [2.45, 2.75) is 5.75 Å². The molecule has 2 aromatic carbocycles. The predicted octanol–water partition coefficient (Wildman–Crippen LogP) is 3.91. The Morgan fingerprint density at radius 2 is 2.00 bits per heavy atom. The zero-order valence-corrected chi connectivity index (χ0v) is 15.0. The highest BCUT2D eigenvalue weighted by atomic mass is 35.5. The van der Waals surface area contributed by atoms with Gasteiger partial charge in [-0.25, -0.2) is 4.39 Å². The van der Waals surface area contributed by atoms with E-state index < -0.39 is 0 Å². The number of fused-ring (bicyclic) bond motifs is 1. The summed E-state index contributed by atoms with van der Waals surface area (Å²) in [4.78, 5) is 12.2. The molecule has 0 saturated heterocycles. The molecule has 25 heavy (non-hydrogen) atoms. The average Bonchev–Trinajstić information content (AvgIpc) is 2.63. The number of hydrogen-bond donors (Lipinski definition) is 1. The van der Waals surface area contributed by atoms with Gasteiger partial charge in [-0.2, -0.15) is 11.8 Å². The molecule has 2 aromatic rings. The van der Waals surface area contributed by atoms with Crippen molar-refractivity contribution < 1.29 is 18.7 Å². The lowest BCUT2D eigenvalue weighted by Crippen LogP contribution is -2.26. The molecule has 0 saturated carbocycles. The van der Waals surface area contributed by atoms with Crippen LogP contribution in [-0.4, -0.2) is 31.4 Å². The highest BCUT2D eigenvalue weighted by Gasteiger charge is 2.14. The topological polar surface area (TPSA) is 47.6 Å². The molecule has 1 aliphatic heterocycles. The number of benzene rings is 2. The van der Waals surface area contributed by atoms with Crippen molar-refractivity contribution >= 4 is 29.3 Å². The number of ether oxygens (including phenoxy) is 2. The molecular formula is C18H17ClFNO3S. The van der Waals surface area contributed by atoms with Gasteiger partial charge >= 0.3 is 0 Å². The van der Waals surface area contributed by atoms with E-state index in [2.05, 4.69) is 5.32 Å². The molecule has 7 heteroatoms. The molecule has 0 bridgehead atoms. The Hall–Kier alpha value is -1.92. The van der Waals surface area contributed by atoms with Gasteiger partial charge in [-0.05, 0) is 30.3 Å². The number of hydrogen-bond acceptors (Lipinski definition) is 4. The summed E-state index contributed by atoms with van der Waals surface area (Å²) < 4.78 is 24.6. The SMILES string of the molecule is O=C(NCCSCc1c(F)cccc1Cl)c1ccc2c(c1)OCCO2. The first-order valence-electron chi connectivity index (χ1n) is 7.83. The number of rotatable bonds is 6. The van der Waals surface area contributed by atoms with Crippen molar-refractivity contribution in [2.75, 3.05) is 25.5 Å². The van der Waals surface area contributed by atoms with E-state index in [0.29, 0.717) is 58.9 Å². The van der Waals surface area contributed by atoms with Crippen LogP contribution in [0.4, 0.5) is 4.39 Å². The van der Waals surface area contributed by atoms with Crippen LogP contribution >= 0.6 is 23.4 Å². The molecule has 3 rings (SSSR count). The fourth-order valence-corrected chi connectivity index (χ4v) is 3.57. The van der Waals surface area contributed by atoms with Crippen LogP contribution in [0.25, 0.3) is 0 Å². The number of nitrogens with one attached hydrogen (secondary N) is 1. The third-order valence-electron chi connectivity index (χ3n) is 3.64. The molecule has 0 unspecified atom stereocenters. The van der Waals surface area contributed by atoms with E-state index in [9.17, 15) is 9.18 Å². The van der Waals surface area contributed by atoms with Crippen molar-refractivity contribution in [1.82, 2.24) is 5.32 Å². The Morgan fingerprint density at radius 1 is 1.20 bits per heavy atom. The van der Waals surface area contributed by atoms with Crippen LogP contribution in [0, 0.1) is 5.82 Å². The van der Waals surface area contributed by atoms with E-state index in [1.54, 1.807) is 30.3 Å². The number of halogens is 2. The fraction of sp³-hybridized carbons (Fsp3) is 0.278. The number of carbonyl (C=O) groups is 1. The van der Waals surface area contributed by atoms with Gasteiger partial charge in [0.2, 0.25) is 0 Å². The quantitative estimate of drug-likeness (QED) is 0.770. The maximum Gasteiger partial charge on any atom is 0.251 e.